The summed E-state index contributed by atoms with van der Waals surface area (Å²) in [7, 11) is 3.98. The van der Waals surface area contributed by atoms with Crippen molar-refractivity contribution in [3.8, 4) is 11.3 Å². The SMILES string of the molecule is CCCCNC(=NCc1nnc(C)n1C)N(C)Cc1ncc(-c2ccccc2)[nH]1. The van der Waals surface area contributed by atoms with Crippen LogP contribution in [0.4, 0.5) is 0 Å². The zero-order chi connectivity index (χ0) is 20.6. The number of nitrogens with one attached hydrogen (secondary N) is 2. The molecule has 0 amide bonds. The molecule has 2 heterocycles. The van der Waals surface area contributed by atoms with Crippen LogP contribution in [0.5, 0.6) is 0 Å². The maximum Gasteiger partial charge on any atom is 0.194 e. The predicted molar refractivity (Wildman–Crippen MR) is 115 cm³/mol. The van der Waals surface area contributed by atoms with Gasteiger partial charge in [0.1, 0.15) is 18.2 Å². The summed E-state index contributed by atoms with van der Waals surface area (Å²) < 4.78 is 1.96. The molecule has 154 valence electrons. The summed E-state index contributed by atoms with van der Waals surface area (Å²) in [6, 6.07) is 10.2. The van der Waals surface area contributed by atoms with Crippen molar-refractivity contribution in [1.82, 2.24) is 34.9 Å². The van der Waals surface area contributed by atoms with Crippen LogP contribution in [0.25, 0.3) is 11.3 Å². The smallest absolute Gasteiger partial charge is 0.194 e. The Bertz CT molecular complexity index is 925. The molecule has 0 spiro atoms. The summed E-state index contributed by atoms with van der Waals surface area (Å²) in [6.45, 7) is 6.10. The lowest BCUT2D eigenvalue weighted by Crippen LogP contribution is -2.39. The summed E-state index contributed by atoms with van der Waals surface area (Å²) in [6.07, 6.45) is 4.10. The van der Waals surface area contributed by atoms with Crippen LogP contribution in [0.15, 0.2) is 41.5 Å². The van der Waals surface area contributed by atoms with Crippen molar-refractivity contribution in [2.45, 2.75) is 39.8 Å². The molecule has 2 N–H and O–H groups in total. The van der Waals surface area contributed by atoms with Gasteiger partial charge in [-0.2, -0.15) is 0 Å². The van der Waals surface area contributed by atoms with Gasteiger partial charge in [0.25, 0.3) is 0 Å². The average molecular weight is 395 g/mol. The highest BCUT2D eigenvalue weighted by molar-refractivity contribution is 5.79. The zero-order valence-corrected chi connectivity index (χ0v) is 17.7. The predicted octanol–water partition coefficient (Wildman–Crippen LogP) is 2.89. The fraction of sp³-hybridized carbons (Fsp3) is 0.429. The highest BCUT2D eigenvalue weighted by Gasteiger charge is 2.11. The number of aliphatic imine (C=N–C) groups is 1. The first-order chi connectivity index (χ1) is 14.1. The second kappa shape index (κ2) is 9.86. The number of nitrogens with zero attached hydrogens (tertiary/aromatic N) is 6. The lowest BCUT2D eigenvalue weighted by molar-refractivity contribution is 0.460. The van der Waals surface area contributed by atoms with Crippen molar-refractivity contribution in [2.75, 3.05) is 13.6 Å². The normalized spacial score (nSPS) is 11.7. The van der Waals surface area contributed by atoms with E-state index in [1.54, 1.807) is 0 Å². The van der Waals surface area contributed by atoms with Crippen molar-refractivity contribution in [3.63, 3.8) is 0 Å². The molecule has 0 aliphatic heterocycles. The van der Waals surface area contributed by atoms with Crippen molar-refractivity contribution >= 4 is 5.96 Å². The van der Waals surface area contributed by atoms with E-state index in [0.29, 0.717) is 13.1 Å². The third-order valence-electron chi connectivity index (χ3n) is 4.83. The Morgan fingerprint density at radius 1 is 1.24 bits per heavy atom. The first-order valence-corrected chi connectivity index (χ1v) is 10.0. The Labute approximate surface area is 172 Å². The fourth-order valence-electron chi connectivity index (χ4n) is 2.93. The lowest BCUT2D eigenvalue weighted by Gasteiger charge is -2.21. The van der Waals surface area contributed by atoms with Crippen LogP contribution in [-0.2, 0) is 20.1 Å². The Morgan fingerprint density at radius 2 is 2.03 bits per heavy atom. The molecule has 8 nitrogen and oxygen atoms in total. The third kappa shape index (κ3) is 5.43. The van der Waals surface area contributed by atoms with Gasteiger partial charge < -0.3 is 19.8 Å². The average Bonchev–Trinajstić information content (AvgIpc) is 3.32. The number of aromatic amines is 1. The van der Waals surface area contributed by atoms with E-state index in [-0.39, 0.29) is 0 Å². The first kappa shape index (κ1) is 20.6. The standard InChI is InChI=1S/C21H30N8/c1-5-6-12-22-21(24-14-20-27-26-16(2)29(20)4)28(3)15-19-23-13-18(25-19)17-10-8-7-9-11-17/h7-11,13H,5-6,12,14-15H2,1-4H3,(H,22,24)(H,23,25). The lowest BCUT2D eigenvalue weighted by atomic mass is 10.2. The summed E-state index contributed by atoms with van der Waals surface area (Å²) >= 11 is 0. The summed E-state index contributed by atoms with van der Waals surface area (Å²) in [5, 5.41) is 11.8. The molecule has 0 saturated carbocycles. The van der Waals surface area contributed by atoms with Crippen molar-refractivity contribution in [3.05, 3.63) is 54.0 Å². The molecule has 0 bridgehead atoms. The van der Waals surface area contributed by atoms with Gasteiger partial charge in [-0.25, -0.2) is 9.98 Å². The molecule has 3 aromatic rings. The monoisotopic (exact) mass is 394 g/mol. The number of imidazole rings is 1. The Kier molecular flexibility index (Phi) is 6.99. The maximum absolute atomic E-state index is 4.77. The second-order valence-corrected chi connectivity index (χ2v) is 7.11. The molecular weight excluding hydrogens is 364 g/mol. The van der Waals surface area contributed by atoms with Gasteiger partial charge in [0.15, 0.2) is 11.8 Å². The van der Waals surface area contributed by atoms with Gasteiger partial charge in [-0.05, 0) is 18.9 Å². The van der Waals surface area contributed by atoms with Crippen molar-refractivity contribution < 1.29 is 0 Å². The van der Waals surface area contributed by atoms with Crippen molar-refractivity contribution in [2.24, 2.45) is 12.0 Å². The number of unbranched alkanes of at least 4 members (excludes halogenated alkanes) is 1. The molecule has 2 aromatic heterocycles. The van der Waals surface area contributed by atoms with Gasteiger partial charge in [-0.1, -0.05) is 43.7 Å². The Hall–Kier alpha value is -3.16. The minimum atomic E-state index is 0.476. The van der Waals surface area contributed by atoms with Gasteiger partial charge >= 0.3 is 0 Å². The van der Waals surface area contributed by atoms with E-state index in [9.17, 15) is 0 Å². The molecule has 0 radical (unpaired) electrons. The first-order valence-electron chi connectivity index (χ1n) is 10.0. The fourth-order valence-corrected chi connectivity index (χ4v) is 2.93. The molecule has 0 aliphatic carbocycles. The Morgan fingerprint density at radius 3 is 2.72 bits per heavy atom. The van der Waals surface area contributed by atoms with Gasteiger partial charge in [0.2, 0.25) is 0 Å². The number of hydrogen-bond donors (Lipinski definition) is 2. The molecule has 0 unspecified atom stereocenters. The summed E-state index contributed by atoms with van der Waals surface area (Å²) in [5.41, 5.74) is 2.14. The van der Waals surface area contributed by atoms with Gasteiger partial charge in [0, 0.05) is 20.6 Å². The third-order valence-corrected chi connectivity index (χ3v) is 4.83. The molecule has 8 heteroatoms. The van der Waals surface area contributed by atoms with Crippen LogP contribution in [0.1, 0.15) is 37.2 Å². The van der Waals surface area contributed by atoms with Crippen molar-refractivity contribution in [1.29, 1.82) is 0 Å². The van der Waals surface area contributed by atoms with Crippen LogP contribution in [0.2, 0.25) is 0 Å². The number of aromatic nitrogens is 5. The number of guanidine groups is 1. The quantitative estimate of drug-likeness (QED) is 0.348. The van der Waals surface area contributed by atoms with Crippen LogP contribution < -0.4 is 5.32 Å². The summed E-state index contributed by atoms with van der Waals surface area (Å²) in [5.74, 6) is 3.45. The van der Waals surface area contributed by atoms with Crippen LogP contribution in [0, 0.1) is 6.92 Å². The molecule has 3 rings (SSSR count). The molecule has 0 aliphatic rings. The summed E-state index contributed by atoms with van der Waals surface area (Å²) in [4.78, 5) is 14.8. The number of H-pyrrole nitrogens is 1. The van der Waals surface area contributed by atoms with E-state index in [2.05, 4.69) is 49.4 Å². The topological polar surface area (TPSA) is 87.0 Å². The van der Waals surface area contributed by atoms with E-state index in [0.717, 1.165) is 54.1 Å². The number of aryl methyl sites for hydroxylation is 1. The van der Waals surface area contributed by atoms with E-state index in [1.165, 1.54) is 0 Å². The van der Waals surface area contributed by atoms with E-state index >= 15 is 0 Å². The maximum atomic E-state index is 4.77. The van der Waals surface area contributed by atoms with Gasteiger partial charge in [-0.15, -0.1) is 10.2 Å². The number of benzene rings is 1. The van der Waals surface area contributed by atoms with Gasteiger partial charge in [0.05, 0.1) is 18.4 Å². The minimum Gasteiger partial charge on any atom is -0.356 e. The minimum absolute atomic E-state index is 0.476. The molecule has 0 saturated heterocycles. The molecule has 0 atom stereocenters. The van der Waals surface area contributed by atoms with Crippen LogP contribution in [-0.4, -0.2) is 49.2 Å². The molecular formula is C21H30N8. The molecule has 0 fully saturated rings. The van der Waals surface area contributed by atoms with Crippen LogP contribution >= 0.6 is 0 Å². The van der Waals surface area contributed by atoms with E-state index in [1.807, 2.05) is 50.0 Å². The molecule has 1 aromatic carbocycles. The Balaban J connectivity index is 1.70. The van der Waals surface area contributed by atoms with Gasteiger partial charge in [-0.3, -0.25) is 0 Å². The zero-order valence-electron chi connectivity index (χ0n) is 17.7. The second-order valence-electron chi connectivity index (χ2n) is 7.11. The number of rotatable bonds is 8. The van der Waals surface area contributed by atoms with E-state index in [4.69, 9.17) is 4.99 Å². The largest absolute Gasteiger partial charge is 0.356 e. The van der Waals surface area contributed by atoms with Crippen LogP contribution in [0.3, 0.4) is 0 Å². The highest BCUT2D eigenvalue weighted by Crippen LogP contribution is 2.16. The number of hydrogen-bond acceptors (Lipinski definition) is 4. The molecule has 29 heavy (non-hydrogen) atoms. The van der Waals surface area contributed by atoms with E-state index < -0.39 is 0 Å². The highest BCUT2D eigenvalue weighted by atomic mass is 15.3.